The molecule has 0 atom stereocenters. The van der Waals surface area contributed by atoms with Crippen molar-refractivity contribution in [1.82, 2.24) is 30.4 Å². The van der Waals surface area contributed by atoms with Crippen LogP contribution in [0.3, 0.4) is 0 Å². The summed E-state index contributed by atoms with van der Waals surface area (Å²) in [4.78, 5) is 11.7. The molecule has 0 aliphatic rings. The van der Waals surface area contributed by atoms with Crippen LogP contribution in [0, 0.1) is 0 Å². The van der Waals surface area contributed by atoms with Crippen LogP contribution in [0.25, 0.3) is 0 Å². The van der Waals surface area contributed by atoms with Gasteiger partial charge in [0.05, 0.1) is 12.2 Å². The van der Waals surface area contributed by atoms with Crippen LogP contribution in [0.5, 0.6) is 0 Å². The standard InChI is InChI=1S/C15H21F3N8/c1-3-19-13(23-10-11-4-7-24-26(11)2)21-8-9-22-14-20-6-5-12(25-14)15(16,17)18/h4-7H,3,8-10H2,1-2H3,(H2,19,21,23)(H,20,22,25). The van der Waals surface area contributed by atoms with Gasteiger partial charge in [-0.3, -0.25) is 4.68 Å². The number of aromatic nitrogens is 4. The number of nitrogens with zero attached hydrogens (tertiary/aromatic N) is 5. The van der Waals surface area contributed by atoms with Crippen molar-refractivity contribution in [2.45, 2.75) is 19.6 Å². The first kappa shape index (κ1) is 19.5. The minimum absolute atomic E-state index is 0.0709. The van der Waals surface area contributed by atoms with Crippen molar-refractivity contribution in [2.75, 3.05) is 25.0 Å². The van der Waals surface area contributed by atoms with Gasteiger partial charge in [-0.2, -0.15) is 18.3 Å². The summed E-state index contributed by atoms with van der Waals surface area (Å²) < 4.78 is 39.6. The number of nitrogens with one attached hydrogen (secondary N) is 3. The van der Waals surface area contributed by atoms with E-state index in [0.29, 0.717) is 32.1 Å². The van der Waals surface area contributed by atoms with Gasteiger partial charge in [0, 0.05) is 39.1 Å². The molecule has 0 aliphatic carbocycles. The number of hydrogen-bond acceptors (Lipinski definition) is 5. The lowest BCUT2D eigenvalue weighted by atomic mass is 10.4. The Morgan fingerprint density at radius 2 is 2.00 bits per heavy atom. The summed E-state index contributed by atoms with van der Waals surface area (Å²) in [6.07, 6.45) is -1.72. The fourth-order valence-electron chi connectivity index (χ4n) is 2.02. The molecule has 11 heteroatoms. The van der Waals surface area contributed by atoms with Crippen molar-refractivity contribution in [1.29, 1.82) is 0 Å². The van der Waals surface area contributed by atoms with Gasteiger partial charge in [0.2, 0.25) is 5.95 Å². The lowest BCUT2D eigenvalue weighted by Crippen LogP contribution is -2.39. The molecule has 0 radical (unpaired) electrons. The number of guanidine groups is 1. The first-order valence-electron chi connectivity index (χ1n) is 8.03. The molecule has 0 aromatic carbocycles. The van der Waals surface area contributed by atoms with Crippen LogP contribution >= 0.6 is 0 Å². The molecular formula is C15H21F3N8. The van der Waals surface area contributed by atoms with Gasteiger partial charge in [0.1, 0.15) is 5.69 Å². The molecule has 8 nitrogen and oxygen atoms in total. The molecule has 0 fully saturated rings. The van der Waals surface area contributed by atoms with Gasteiger partial charge in [-0.1, -0.05) is 0 Å². The molecule has 0 unspecified atom stereocenters. The highest BCUT2D eigenvalue weighted by Crippen LogP contribution is 2.27. The van der Waals surface area contributed by atoms with Gasteiger partial charge in [-0.15, -0.1) is 0 Å². The zero-order chi connectivity index (χ0) is 19.0. The Bertz CT molecular complexity index is 726. The van der Waals surface area contributed by atoms with Crippen molar-refractivity contribution in [3.63, 3.8) is 0 Å². The van der Waals surface area contributed by atoms with Crippen molar-refractivity contribution in [3.05, 3.63) is 35.9 Å². The second-order valence-corrected chi connectivity index (χ2v) is 5.26. The minimum atomic E-state index is -4.49. The fraction of sp³-hybridized carbons (Fsp3) is 0.467. The number of aryl methyl sites for hydroxylation is 1. The normalized spacial score (nSPS) is 12.1. The highest BCUT2D eigenvalue weighted by molar-refractivity contribution is 5.79. The predicted octanol–water partition coefficient (Wildman–Crippen LogP) is 1.40. The molecule has 0 aliphatic heterocycles. The monoisotopic (exact) mass is 370 g/mol. The Morgan fingerprint density at radius 1 is 1.19 bits per heavy atom. The van der Waals surface area contributed by atoms with Crippen LogP contribution < -0.4 is 16.0 Å². The Balaban J connectivity index is 1.83. The van der Waals surface area contributed by atoms with Crippen molar-refractivity contribution in [2.24, 2.45) is 12.0 Å². The van der Waals surface area contributed by atoms with Gasteiger partial charge in [-0.05, 0) is 19.1 Å². The molecule has 0 bridgehead atoms. The summed E-state index contributed by atoms with van der Waals surface area (Å²) in [5, 5.41) is 13.0. The smallest absolute Gasteiger partial charge is 0.357 e. The van der Waals surface area contributed by atoms with E-state index in [1.54, 1.807) is 10.9 Å². The van der Waals surface area contributed by atoms with E-state index in [9.17, 15) is 13.2 Å². The zero-order valence-corrected chi connectivity index (χ0v) is 14.5. The lowest BCUT2D eigenvalue weighted by Gasteiger charge is -2.12. The van der Waals surface area contributed by atoms with E-state index in [-0.39, 0.29) is 5.95 Å². The van der Waals surface area contributed by atoms with Crippen LogP contribution in [0.4, 0.5) is 19.1 Å². The van der Waals surface area contributed by atoms with E-state index in [1.165, 1.54) is 0 Å². The number of alkyl halides is 3. The topological polar surface area (TPSA) is 92.0 Å². The van der Waals surface area contributed by atoms with E-state index in [1.807, 2.05) is 20.0 Å². The Morgan fingerprint density at radius 3 is 2.65 bits per heavy atom. The summed E-state index contributed by atoms with van der Waals surface area (Å²) >= 11 is 0. The number of rotatable bonds is 7. The maximum absolute atomic E-state index is 12.6. The molecule has 2 aromatic heterocycles. The first-order chi connectivity index (χ1) is 12.4. The van der Waals surface area contributed by atoms with Gasteiger partial charge >= 0.3 is 6.18 Å². The Labute approximate surface area is 148 Å². The highest BCUT2D eigenvalue weighted by atomic mass is 19.4. The van der Waals surface area contributed by atoms with Crippen LogP contribution in [-0.4, -0.2) is 45.3 Å². The number of aliphatic imine (C=N–C) groups is 1. The molecule has 0 amide bonds. The van der Waals surface area contributed by atoms with E-state index in [2.05, 4.69) is 36.0 Å². The van der Waals surface area contributed by atoms with Gasteiger partial charge in [0.25, 0.3) is 0 Å². The number of anilines is 1. The van der Waals surface area contributed by atoms with Gasteiger partial charge < -0.3 is 16.0 Å². The van der Waals surface area contributed by atoms with Crippen LogP contribution in [-0.2, 0) is 19.8 Å². The third-order valence-electron chi connectivity index (χ3n) is 3.31. The van der Waals surface area contributed by atoms with Crippen LogP contribution in [0.2, 0.25) is 0 Å². The van der Waals surface area contributed by atoms with Crippen LogP contribution in [0.15, 0.2) is 29.5 Å². The van der Waals surface area contributed by atoms with Crippen molar-refractivity contribution < 1.29 is 13.2 Å². The summed E-state index contributed by atoms with van der Waals surface area (Å²) in [6, 6.07) is 2.71. The molecular weight excluding hydrogens is 349 g/mol. The maximum atomic E-state index is 12.6. The van der Waals surface area contributed by atoms with E-state index in [0.717, 1.165) is 18.0 Å². The maximum Gasteiger partial charge on any atom is 0.433 e. The predicted molar refractivity (Wildman–Crippen MR) is 91.6 cm³/mol. The summed E-state index contributed by atoms with van der Waals surface area (Å²) in [5.74, 6) is 0.527. The number of halogens is 3. The highest BCUT2D eigenvalue weighted by Gasteiger charge is 2.32. The molecule has 2 heterocycles. The SMILES string of the molecule is CCNC(=NCc1ccnn1C)NCCNc1nccc(C(F)(F)F)n1. The van der Waals surface area contributed by atoms with Gasteiger partial charge in [0.15, 0.2) is 5.96 Å². The third kappa shape index (κ3) is 5.90. The third-order valence-corrected chi connectivity index (χ3v) is 3.31. The summed E-state index contributed by atoms with van der Waals surface area (Å²) in [5.41, 5.74) is -0.0215. The molecule has 3 N–H and O–H groups in total. The molecule has 26 heavy (non-hydrogen) atoms. The lowest BCUT2D eigenvalue weighted by molar-refractivity contribution is -0.141. The van der Waals surface area contributed by atoms with E-state index >= 15 is 0 Å². The quantitative estimate of drug-likeness (QED) is 0.388. The largest absolute Gasteiger partial charge is 0.433 e. The van der Waals surface area contributed by atoms with Crippen molar-refractivity contribution in [3.8, 4) is 0 Å². The van der Waals surface area contributed by atoms with E-state index in [4.69, 9.17) is 0 Å². The second-order valence-electron chi connectivity index (χ2n) is 5.26. The fourth-order valence-corrected chi connectivity index (χ4v) is 2.02. The molecule has 0 spiro atoms. The first-order valence-corrected chi connectivity index (χ1v) is 8.03. The Hall–Kier alpha value is -2.85. The Kier molecular flexibility index (Phi) is 6.75. The molecule has 2 aromatic rings. The van der Waals surface area contributed by atoms with E-state index < -0.39 is 11.9 Å². The second kappa shape index (κ2) is 9.02. The number of hydrogen-bond donors (Lipinski definition) is 3. The average Bonchev–Trinajstić information content (AvgIpc) is 3.01. The van der Waals surface area contributed by atoms with Crippen LogP contribution in [0.1, 0.15) is 18.3 Å². The zero-order valence-electron chi connectivity index (χ0n) is 14.5. The van der Waals surface area contributed by atoms with Gasteiger partial charge in [-0.25, -0.2) is 15.0 Å². The average molecular weight is 370 g/mol. The van der Waals surface area contributed by atoms with Crippen molar-refractivity contribution >= 4 is 11.9 Å². The molecule has 0 saturated carbocycles. The minimum Gasteiger partial charge on any atom is -0.357 e. The summed E-state index contributed by atoms with van der Waals surface area (Å²) in [6.45, 7) is 3.83. The molecule has 142 valence electrons. The summed E-state index contributed by atoms with van der Waals surface area (Å²) in [7, 11) is 1.84. The molecule has 0 saturated heterocycles. The molecule has 2 rings (SSSR count).